The largest absolute Gasteiger partial charge is 0.371 e. The molecule has 0 aromatic heterocycles. The maximum atomic E-state index is 13.1. The number of β-lactam (4-membered cyclic amide) rings is 1. The highest BCUT2D eigenvalue weighted by Gasteiger charge is 2.63. The molecule has 0 bridgehead atoms. The van der Waals surface area contributed by atoms with Crippen LogP contribution in [0, 0.1) is 5.41 Å². The Morgan fingerprint density at radius 3 is 2.69 bits per heavy atom. The molecular weight excluding hydrogens is 362 g/mol. The van der Waals surface area contributed by atoms with Gasteiger partial charge in [-0.05, 0) is 57.6 Å². The molecule has 2 aliphatic heterocycles. The van der Waals surface area contributed by atoms with Crippen molar-refractivity contribution >= 4 is 17.5 Å². The van der Waals surface area contributed by atoms with Crippen molar-refractivity contribution in [2.24, 2.45) is 5.41 Å². The van der Waals surface area contributed by atoms with Crippen molar-refractivity contribution in [1.29, 1.82) is 0 Å². The summed E-state index contributed by atoms with van der Waals surface area (Å²) in [7, 11) is 0. The molecule has 5 nitrogen and oxygen atoms in total. The number of fused-ring (bicyclic) bond motifs is 1. The molecule has 1 saturated carbocycles. The molecule has 1 spiro atoms. The number of amides is 2. The average Bonchev–Trinajstić information content (AvgIpc) is 2.74. The Morgan fingerprint density at radius 2 is 1.93 bits per heavy atom. The summed E-state index contributed by atoms with van der Waals surface area (Å²) in [5, 5.41) is 3.17. The monoisotopic (exact) mass is 397 g/mol. The molecule has 1 aromatic carbocycles. The van der Waals surface area contributed by atoms with Crippen LogP contribution in [-0.2, 0) is 16.0 Å². The van der Waals surface area contributed by atoms with Crippen LogP contribution >= 0.6 is 0 Å². The number of nitrogens with zero attached hydrogens (tertiary/aromatic N) is 2. The average molecular weight is 398 g/mol. The van der Waals surface area contributed by atoms with Gasteiger partial charge >= 0.3 is 0 Å². The number of carbonyl (C=O) groups excluding carboxylic acids is 2. The fourth-order valence-corrected chi connectivity index (χ4v) is 5.69. The van der Waals surface area contributed by atoms with E-state index in [0.29, 0.717) is 6.54 Å². The first-order chi connectivity index (χ1) is 14.0. The number of benzene rings is 1. The van der Waals surface area contributed by atoms with E-state index in [9.17, 15) is 9.59 Å². The molecule has 1 aliphatic carbocycles. The summed E-state index contributed by atoms with van der Waals surface area (Å²) in [6.45, 7) is 6.75. The smallest absolute Gasteiger partial charge is 0.243 e. The van der Waals surface area contributed by atoms with Gasteiger partial charge in [0.2, 0.25) is 11.8 Å². The van der Waals surface area contributed by atoms with E-state index < -0.39 is 5.41 Å². The second-order valence-corrected chi connectivity index (χ2v) is 9.29. The van der Waals surface area contributed by atoms with Crippen LogP contribution in [0.3, 0.4) is 0 Å². The van der Waals surface area contributed by atoms with Crippen molar-refractivity contribution in [3.05, 3.63) is 29.8 Å². The number of nitrogens with one attached hydrogen (secondary N) is 1. The van der Waals surface area contributed by atoms with Crippen molar-refractivity contribution in [2.45, 2.75) is 77.3 Å². The van der Waals surface area contributed by atoms with E-state index in [0.717, 1.165) is 51.6 Å². The first kappa shape index (κ1) is 20.2. The van der Waals surface area contributed by atoms with Gasteiger partial charge in [-0.2, -0.15) is 0 Å². The second kappa shape index (κ2) is 8.37. The van der Waals surface area contributed by atoms with Gasteiger partial charge in [0.25, 0.3) is 0 Å². The minimum atomic E-state index is -0.418. The van der Waals surface area contributed by atoms with Crippen molar-refractivity contribution in [3.63, 3.8) is 0 Å². The van der Waals surface area contributed by atoms with Crippen molar-refractivity contribution < 1.29 is 9.59 Å². The Hall–Kier alpha value is -2.04. The molecule has 1 aromatic rings. The summed E-state index contributed by atoms with van der Waals surface area (Å²) >= 11 is 0. The van der Waals surface area contributed by atoms with Crippen LogP contribution < -0.4 is 10.2 Å². The zero-order chi connectivity index (χ0) is 20.4. The summed E-state index contributed by atoms with van der Waals surface area (Å²) in [6.07, 6.45) is 8.34. The summed E-state index contributed by atoms with van der Waals surface area (Å²) in [4.78, 5) is 30.2. The Labute approximate surface area is 174 Å². The molecular formula is C24H35N3O2. The van der Waals surface area contributed by atoms with Gasteiger partial charge in [0.15, 0.2) is 0 Å². The third-order valence-electron chi connectivity index (χ3n) is 7.12. The number of hydrogen-bond donors (Lipinski definition) is 1. The molecule has 2 amide bonds. The minimum absolute atomic E-state index is 0.0549. The number of anilines is 1. The van der Waals surface area contributed by atoms with Crippen molar-refractivity contribution in [1.82, 2.24) is 10.2 Å². The molecule has 2 heterocycles. The lowest BCUT2D eigenvalue weighted by Gasteiger charge is -2.58. The zero-order valence-corrected chi connectivity index (χ0v) is 18.0. The van der Waals surface area contributed by atoms with Gasteiger partial charge in [-0.3, -0.25) is 9.59 Å². The highest BCUT2D eigenvalue weighted by Crippen LogP contribution is 2.50. The van der Waals surface area contributed by atoms with E-state index >= 15 is 0 Å². The van der Waals surface area contributed by atoms with Crippen LogP contribution in [0.5, 0.6) is 0 Å². The molecule has 1 atom stereocenters. The lowest BCUT2D eigenvalue weighted by molar-refractivity contribution is -0.185. The predicted molar refractivity (Wildman–Crippen MR) is 116 cm³/mol. The molecule has 29 heavy (non-hydrogen) atoms. The molecule has 4 rings (SSSR count). The third-order valence-corrected chi connectivity index (χ3v) is 7.12. The number of hydrogen-bond acceptors (Lipinski definition) is 3. The van der Waals surface area contributed by atoms with Crippen molar-refractivity contribution in [3.8, 4) is 0 Å². The fourth-order valence-electron chi connectivity index (χ4n) is 5.69. The van der Waals surface area contributed by atoms with Crippen molar-refractivity contribution in [2.75, 3.05) is 24.5 Å². The summed E-state index contributed by atoms with van der Waals surface area (Å²) < 4.78 is 0. The molecule has 158 valence electrons. The van der Waals surface area contributed by atoms with E-state index in [1.54, 1.807) is 0 Å². The Kier molecular flexibility index (Phi) is 5.84. The lowest BCUT2D eigenvalue weighted by atomic mass is 9.61. The van der Waals surface area contributed by atoms with Gasteiger partial charge in [-0.1, -0.05) is 37.5 Å². The summed E-state index contributed by atoms with van der Waals surface area (Å²) in [5.41, 5.74) is 2.36. The number of aryl methyl sites for hydroxylation is 1. The van der Waals surface area contributed by atoms with E-state index in [-0.39, 0.29) is 23.9 Å². The van der Waals surface area contributed by atoms with E-state index in [1.165, 1.54) is 24.1 Å². The number of carbonyl (C=O) groups is 2. The molecule has 0 radical (unpaired) electrons. The van der Waals surface area contributed by atoms with Gasteiger partial charge in [0, 0.05) is 31.4 Å². The quantitative estimate of drug-likeness (QED) is 0.590. The minimum Gasteiger partial charge on any atom is -0.371 e. The highest BCUT2D eigenvalue weighted by molar-refractivity contribution is 6.02. The maximum Gasteiger partial charge on any atom is 0.243 e. The standard InChI is InChI=1S/C24H35N3O2/c1-18(2)27-21(24(23(27)29)13-6-3-7-14-24)22(28)25-15-9-17-26-16-8-11-19-10-4-5-12-20(19)26/h4-5,10,12,18,21H,3,6-9,11,13-17H2,1-2H3,(H,25,28). The Morgan fingerprint density at radius 1 is 1.17 bits per heavy atom. The van der Waals surface area contributed by atoms with Crippen LogP contribution in [0.4, 0.5) is 5.69 Å². The van der Waals surface area contributed by atoms with Gasteiger partial charge in [0.05, 0.1) is 5.41 Å². The van der Waals surface area contributed by atoms with Gasteiger partial charge in [0.1, 0.15) is 6.04 Å². The fraction of sp³-hybridized carbons (Fsp3) is 0.667. The van der Waals surface area contributed by atoms with Gasteiger partial charge in [-0.15, -0.1) is 0 Å². The molecule has 1 unspecified atom stereocenters. The SMILES string of the molecule is CC(C)N1C(=O)C2(CCCCC2)C1C(=O)NCCCN1CCCc2ccccc21. The van der Waals surface area contributed by atoms with E-state index in [1.807, 2.05) is 18.7 Å². The van der Waals surface area contributed by atoms with Gasteiger partial charge in [-0.25, -0.2) is 0 Å². The highest BCUT2D eigenvalue weighted by atomic mass is 16.2. The molecule has 2 fully saturated rings. The molecule has 1 saturated heterocycles. The van der Waals surface area contributed by atoms with Crippen LogP contribution in [-0.4, -0.2) is 48.4 Å². The molecule has 3 aliphatic rings. The predicted octanol–water partition coefficient (Wildman–Crippen LogP) is 3.52. The first-order valence-electron chi connectivity index (χ1n) is 11.5. The molecule has 1 N–H and O–H groups in total. The summed E-state index contributed by atoms with van der Waals surface area (Å²) in [5.74, 6) is 0.261. The number of rotatable bonds is 6. The van der Waals surface area contributed by atoms with E-state index in [2.05, 4.69) is 34.5 Å². The van der Waals surface area contributed by atoms with Crippen LogP contribution in [0.2, 0.25) is 0 Å². The van der Waals surface area contributed by atoms with E-state index in [4.69, 9.17) is 0 Å². The van der Waals surface area contributed by atoms with Crippen LogP contribution in [0.15, 0.2) is 24.3 Å². The Balaban J connectivity index is 1.33. The van der Waals surface area contributed by atoms with Crippen LogP contribution in [0.1, 0.15) is 64.4 Å². The topological polar surface area (TPSA) is 52.7 Å². The van der Waals surface area contributed by atoms with Crippen LogP contribution in [0.25, 0.3) is 0 Å². The third kappa shape index (κ3) is 3.64. The zero-order valence-electron chi connectivity index (χ0n) is 18.0. The second-order valence-electron chi connectivity index (χ2n) is 9.29. The normalized spacial score (nSPS) is 23.1. The summed E-state index contributed by atoms with van der Waals surface area (Å²) in [6, 6.07) is 8.46. The van der Waals surface area contributed by atoms with Gasteiger partial charge < -0.3 is 15.1 Å². The first-order valence-corrected chi connectivity index (χ1v) is 11.5. The lowest BCUT2D eigenvalue weighted by Crippen LogP contribution is -2.75. The number of para-hydroxylation sites is 1. The Bertz CT molecular complexity index is 754. The molecule has 5 heteroatoms. The number of likely N-dealkylation sites (tertiary alicyclic amines) is 1. The maximum absolute atomic E-state index is 13.1.